The summed E-state index contributed by atoms with van der Waals surface area (Å²) in [5, 5.41) is 3.39. The maximum Gasteiger partial charge on any atom is 0.496 e. The highest BCUT2D eigenvalue weighted by molar-refractivity contribution is 7.99. The van der Waals surface area contributed by atoms with E-state index in [-0.39, 0.29) is 18.3 Å². The molecule has 7 heteroatoms. The van der Waals surface area contributed by atoms with Crippen LogP contribution in [0.4, 0.5) is 5.69 Å². The third-order valence-corrected chi connectivity index (χ3v) is 7.06. The highest BCUT2D eigenvalue weighted by Gasteiger charge is 2.52. The molecule has 1 fully saturated rings. The molecule has 2 aromatic carbocycles. The van der Waals surface area contributed by atoms with Gasteiger partial charge in [-0.2, -0.15) is 0 Å². The second kappa shape index (κ2) is 6.89. The smallest absolute Gasteiger partial charge is 0.422 e. The van der Waals surface area contributed by atoms with E-state index in [1.807, 2.05) is 0 Å². The van der Waals surface area contributed by atoms with Crippen LogP contribution in [0.5, 0.6) is 0 Å². The minimum absolute atomic E-state index is 0.352. The average Bonchev–Trinajstić information content (AvgIpc) is 2.85. The normalized spacial score (nSPS) is 19.4. The fourth-order valence-corrected chi connectivity index (χ4v) is 4.69. The molecule has 1 saturated heterocycles. The fraction of sp³-hybridized carbons (Fsp3) is 0.400. The summed E-state index contributed by atoms with van der Waals surface area (Å²) in [5.74, 6) is 0. The van der Waals surface area contributed by atoms with Gasteiger partial charge in [-0.25, -0.2) is 0 Å². The molecule has 2 heterocycles. The summed E-state index contributed by atoms with van der Waals surface area (Å²) in [4.78, 5) is 2.53. The van der Waals surface area contributed by atoms with Crippen molar-refractivity contribution in [3.8, 4) is 0 Å². The van der Waals surface area contributed by atoms with Gasteiger partial charge in [-0.3, -0.25) is 0 Å². The van der Waals surface area contributed by atoms with Crippen molar-refractivity contribution in [2.24, 2.45) is 0 Å². The summed E-state index contributed by atoms with van der Waals surface area (Å²) < 4.78 is 17.9. The number of nitrogens with one attached hydrogen (secondary N) is 1. The topological polar surface area (TPSA) is 39.7 Å². The molecule has 27 heavy (non-hydrogen) atoms. The second-order valence-corrected chi connectivity index (χ2v) is 9.15. The van der Waals surface area contributed by atoms with Crippen LogP contribution in [0.15, 0.2) is 46.2 Å². The lowest BCUT2D eigenvalue weighted by molar-refractivity contribution is 0.00578. The van der Waals surface area contributed by atoms with Gasteiger partial charge in [0.1, 0.15) is 0 Å². The predicted octanol–water partition coefficient (Wildman–Crippen LogP) is 3.37. The molecular weight excluding hydrogens is 356 g/mol. The van der Waals surface area contributed by atoms with E-state index in [0.717, 1.165) is 17.6 Å². The van der Waals surface area contributed by atoms with Crippen molar-refractivity contribution >= 4 is 37.6 Å². The largest absolute Gasteiger partial charge is 0.496 e. The van der Waals surface area contributed by atoms with Gasteiger partial charge in [0, 0.05) is 29.0 Å². The van der Waals surface area contributed by atoms with Crippen molar-refractivity contribution in [1.82, 2.24) is 0 Å². The van der Waals surface area contributed by atoms with Gasteiger partial charge < -0.3 is 19.2 Å². The maximum atomic E-state index is 6.34. The zero-order valence-electron chi connectivity index (χ0n) is 16.6. The summed E-state index contributed by atoms with van der Waals surface area (Å²) in [7, 11) is 1.81. The molecule has 0 aromatic heterocycles. The number of anilines is 1. The SMILES string of the molecule is COBNc1ccc(B2OC(C)(C)C(C)(C)O2)c2c1Cc1ccccc1S2. The number of benzene rings is 2. The predicted molar refractivity (Wildman–Crippen MR) is 113 cm³/mol. The Morgan fingerprint density at radius 2 is 1.78 bits per heavy atom. The maximum absolute atomic E-state index is 6.34. The summed E-state index contributed by atoms with van der Waals surface area (Å²) in [6, 6.07) is 12.8. The van der Waals surface area contributed by atoms with E-state index >= 15 is 0 Å². The Hall–Kier alpha value is -1.40. The van der Waals surface area contributed by atoms with Crippen molar-refractivity contribution < 1.29 is 14.0 Å². The van der Waals surface area contributed by atoms with E-state index in [4.69, 9.17) is 14.0 Å². The molecule has 0 unspecified atom stereocenters. The third kappa shape index (κ3) is 3.31. The molecule has 0 atom stereocenters. The molecule has 0 radical (unpaired) electrons. The molecule has 0 aliphatic carbocycles. The first-order chi connectivity index (χ1) is 12.8. The van der Waals surface area contributed by atoms with Gasteiger partial charge in [-0.15, -0.1) is 0 Å². The minimum atomic E-state index is -0.363. The lowest BCUT2D eigenvalue weighted by Crippen LogP contribution is -2.41. The van der Waals surface area contributed by atoms with E-state index in [1.54, 1.807) is 18.9 Å². The van der Waals surface area contributed by atoms with Gasteiger partial charge in [-0.1, -0.05) is 36.0 Å². The Labute approximate surface area is 166 Å². The van der Waals surface area contributed by atoms with Crippen molar-refractivity contribution in [3.05, 3.63) is 47.5 Å². The van der Waals surface area contributed by atoms with Crippen LogP contribution >= 0.6 is 11.8 Å². The van der Waals surface area contributed by atoms with E-state index < -0.39 is 0 Å². The minimum Gasteiger partial charge on any atom is -0.422 e. The van der Waals surface area contributed by atoms with Crippen LogP contribution in [0.25, 0.3) is 0 Å². The van der Waals surface area contributed by atoms with Gasteiger partial charge in [0.2, 0.25) is 0 Å². The van der Waals surface area contributed by atoms with Crippen LogP contribution in [0, 0.1) is 0 Å². The van der Waals surface area contributed by atoms with Crippen LogP contribution in [-0.2, 0) is 20.4 Å². The van der Waals surface area contributed by atoms with Crippen LogP contribution in [0.2, 0.25) is 0 Å². The first kappa shape index (κ1) is 18.9. The van der Waals surface area contributed by atoms with Crippen LogP contribution in [0.1, 0.15) is 38.8 Å². The zero-order chi connectivity index (χ0) is 19.2. The summed E-state index contributed by atoms with van der Waals surface area (Å²) in [6.45, 7) is 8.37. The lowest BCUT2D eigenvalue weighted by atomic mass is 9.77. The van der Waals surface area contributed by atoms with E-state index in [0.29, 0.717) is 7.62 Å². The van der Waals surface area contributed by atoms with Gasteiger partial charge in [0.05, 0.1) is 11.2 Å². The lowest BCUT2D eigenvalue weighted by Gasteiger charge is -2.32. The van der Waals surface area contributed by atoms with E-state index in [9.17, 15) is 0 Å². The molecule has 0 bridgehead atoms. The van der Waals surface area contributed by atoms with Gasteiger partial charge in [-0.05, 0) is 56.4 Å². The molecule has 140 valence electrons. The molecule has 0 amide bonds. The first-order valence-corrected chi connectivity index (χ1v) is 10.1. The highest BCUT2D eigenvalue weighted by Crippen LogP contribution is 2.43. The number of hydrogen-bond donors (Lipinski definition) is 1. The molecular formula is C20H25B2NO3S. The highest BCUT2D eigenvalue weighted by atomic mass is 32.2. The Kier molecular flexibility index (Phi) is 4.83. The number of hydrogen-bond acceptors (Lipinski definition) is 5. The summed E-state index contributed by atoms with van der Waals surface area (Å²) >= 11 is 1.80. The standard InChI is InChI=1S/C20H25B2NO3S/c1-19(2)20(3,4)26-22(25-19)15-10-11-16(23-21-24-5)14-12-13-8-6-7-9-17(13)27-18(14)15/h6-11,21,23H,12H2,1-5H3. The van der Waals surface area contributed by atoms with Crippen LogP contribution in [-0.4, -0.2) is 33.0 Å². The molecule has 4 nitrogen and oxygen atoms in total. The Bertz CT molecular complexity index is 856. The van der Waals surface area contributed by atoms with Crippen molar-refractivity contribution in [3.63, 3.8) is 0 Å². The molecule has 0 spiro atoms. The fourth-order valence-electron chi connectivity index (χ4n) is 3.46. The molecule has 4 rings (SSSR count). The second-order valence-electron chi connectivity index (χ2n) is 8.09. The quantitative estimate of drug-likeness (QED) is 0.702. The molecule has 0 saturated carbocycles. The van der Waals surface area contributed by atoms with E-state index in [2.05, 4.69) is 69.3 Å². The molecule has 1 N–H and O–H groups in total. The van der Waals surface area contributed by atoms with Gasteiger partial charge in [0.25, 0.3) is 0 Å². The number of rotatable bonds is 4. The van der Waals surface area contributed by atoms with Crippen molar-refractivity contribution in [1.29, 1.82) is 0 Å². The van der Waals surface area contributed by atoms with Crippen molar-refractivity contribution in [2.75, 3.05) is 12.3 Å². The van der Waals surface area contributed by atoms with Gasteiger partial charge in [0.15, 0.2) is 0 Å². The van der Waals surface area contributed by atoms with Crippen molar-refractivity contribution in [2.45, 2.75) is 55.1 Å². The van der Waals surface area contributed by atoms with E-state index in [1.165, 1.54) is 20.9 Å². The number of fused-ring (bicyclic) bond motifs is 2. The zero-order valence-corrected chi connectivity index (χ0v) is 17.4. The van der Waals surface area contributed by atoms with Crippen LogP contribution in [0.3, 0.4) is 0 Å². The molecule has 2 aliphatic rings. The van der Waals surface area contributed by atoms with Crippen LogP contribution < -0.4 is 10.7 Å². The summed E-state index contributed by atoms with van der Waals surface area (Å²) in [5.41, 5.74) is 4.13. The van der Waals surface area contributed by atoms with Gasteiger partial charge >= 0.3 is 14.7 Å². The first-order valence-electron chi connectivity index (χ1n) is 9.32. The third-order valence-electron chi connectivity index (χ3n) is 5.76. The Morgan fingerprint density at radius 1 is 1.07 bits per heavy atom. The molecule has 2 aromatic rings. The molecule has 2 aliphatic heterocycles. The monoisotopic (exact) mass is 381 g/mol. The Balaban J connectivity index is 1.77. The average molecular weight is 381 g/mol. The summed E-state index contributed by atoms with van der Waals surface area (Å²) in [6.07, 6.45) is 0.887. The Morgan fingerprint density at radius 3 is 2.48 bits per heavy atom.